The van der Waals surface area contributed by atoms with Crippen molar-refractivity contribution in [3.8, 4) is 0 Å². The molecule has 2 nitrogen and oxygen atoms in total. The van der Waals surface area contributed by atoms with E-state index in [9.17, 15) is 4.79 Å². The third-order valence-electron chi connectivity index (χ3n) is 5.26. The molecule has 2 fully saturated rings. The Morgan fingerprint density at radius 1 is 1.00 bits per heavy atom. The number of nitrogens with zero attached hydrogens (tertiary/aromatic N) is 1. The van der Waals surface area contributed by atoms with E-state index in [2.05, 4.69) is 35.2 Å². The summed E-state index contributed by atoms with van der Waals surface area (Å²) < 4.78 is 0. The quantitative estimate of drug-likeness (QED) is 0.822. The van der Waals surface area contributed by atoms with Crippen LogP contribution < -0.4 is 0 Å². The highest BCUT2D eigenvalue weighted by Crippen LogP contribution is 2.27. The third-order valence-corrected chi connectivity index (χ3v) is 5.26. The van der Waals surface area contributed by atoms with Gasteiger partial charge in [0.05, 0.1) is 6.54 Å². The fourth-order valence-corrected chi connectivity index (χ4v) is 3.89. The predicted molar refractivity (Wildman–Crippen MR) is 86.3 cm³/mol. The smallest absolute Gasteiger partial charge is 0.149 e. The summed E-state index contributed by atoms with van der Waals surface area (Å²) in [6, 6.07) is 10.8. The van der Waals surface area contributed by atoms with Gasteiger partial charge in [-0.2, -0.15) is 0 Å². The highest BCUT2D eigenvalue weighted by molar-refractivity contribution is 5.83. The van der Waals surface area contributed by atoms with Crippen LogP contribution >= 0.6 is 0 Å². The van der Waals surface area contributed by atoms with E-state index in [4.69, 9.17) is 0 Å². The Morgan fingerprint density at radius 2 is 1.67 bits per heavy atom. The summed E-state index contributed by atoms with van der Waals surface area (Å²) in [5.74, 6) is 1.69. The normalized spacial score (nSPS) is 21.7. The molecule has 114 valence electrons. The van der Waals surface area contributed by atoms with E-state index >= 15 is 0 Å². The maximum atomic E-state index is 12.2. The second kappa shape index (κ2) is 7.22. The molecule has 0 unspecified atom stereocenters. The Labute approximate surface area is 128 Å². The molecule has 2 aliphatic rings. The second-order valence-corrected chi connectivity index (χ2v) is 6.86. The summed E-state index contributed by atoms with van der Waals surface area (Å²) in [7, 11) is 0. The molecular formula is C19H27NO. The number of carbonyl (C=O) groups excluding carboxylic acids is 1. The van der Waals surface area contributed by atoms with Crippen LogP contribution in [0.15, 0.2) is 30.3 Å². The van der Waals surface area contributed by atoms with Gasteiger partial charge in [-0.3, -0.25) is 9.69 Å². The second-order valence-electron chi connectivity index (χ2n) is 6.86. The molecule has 0 N–H and O–H groups in total. The summed E-state index contributed by atoms with van der Waals surface area (Å²) in [4.78, 5) is 14.6. The fourth-order valence-electron chi connectivity index (χ4n) is 3.89. The van der Waals surface area contributed by atoms with E-state index in [1.807, 2.05) is 0 Å². The minimum Gasteiger partial charge on any atom is -0.298 e. The number of piperidine rings is 1. The number of Topliss-reactive ketones (excluding diaryl/α,β-unsaturated/α-hetero) is 1. The van der Waals surface area contributed by atoms with Crippen molar-refractivity contribution in [2.24, 2.45) is 11.8 Å². The molecule has 1 aliphatic carbocycles. The topological polar surface area (TPSA) is 20.3 Å². The fraction of sp³-hybridized carbons (Fsp3) is 0.632. The van der Waals surface area contributed by atoms with Gasteiger partial charge in [0.1, 0.15) is 5.78 Å². The van der Waals surface area contributed by atoms with E-state index in [-0.39, 0.29) is 0 Å². The molecule has 0 amide bonds. The van der Waals surface area contributed by atoms with Gasteiger partial charge in [-0.1, -0.05) is 43.2 Å². The van der Waals surface area contributed by atoms with Crippen LogP contribution in [-0.4, -0.2) is 30.3 Å². The number of ketones is 1. The lowest BCUT2D eigenvalue weighted by atomic mass is 9.90. The van der Waals surface area contributed by atoms with E-state index < -0.39 is 0 Å². The van der Waals surface area contributed by atoms with Crippen LogP contribution in [0.5, 0.6) is 0 Å². The SMILES string of the molecule is O=C(CN1CCC(Cc2ccccc2)CC1)C1CCCC1. The van der Waals surface area contributed by atoms with Gasteiger partial charge in [-0.25, -0.2) is 0 Å². The molecule has 0 atom stereocenters. The van der Waals surface area contributed by atoms with Crippen molar-refractivity contribution in [1.82, 2.24) is 4.90 Å². The van der Waals surface area contributed by atoms with Gasteiger partial charge in [0.25, 0.3) is 0 Å². The Bertz CT molecular complexity index is 442. The lowest BCUT2D eigenvalue weighted by Crippen LogP contribution is -2.39. The first-order chi connectivity index (χ1) is 10.3. The Kier molecular flexibility index (Phi) is 5.08. The molecular weight excluding hydrogens is 258 g/mol. The van der Waals surface area contributed by atoms with Crippen LogP contribution in [-0.2, 0) is 11.2 Å². The zero-order chi connectivity index (χ0) is 14.5. The average molecular weight is 285 g/mol. The number of likely N-dealkylation sites (tertiary alicyclic amines) is 1. The standard InChI is InChI=1S/C19H27NO/c21-19(18-8-4-5-9-18)15-20-12-10-17(11-13-20)14-16-6-2-1-3-7-16/h1-3,6-7,17-18H,4-5,8-15H2. The Hall–Kier alpha value is -1.15. The highest BCUT2D eigenvalue weighted by Gasteiger charge is 2.26. The minimum atomic E-state index is 0.382. The molecule has 0 aromatic heterocycles. The first kappa shape index (κ1) is 14.8. The van der Waals surface area contributed by atoms with Crippen LogP contribution in [0.3, 0.4) is 0 Å². The number of benzene rings is 1. The van der Waals surface area contributed by atoms with Crippen molar-refractivity contribution in [2.45, 2.75) is 44.9 Å². The van der Waals surface area contributed by atoms with Crippen molar-refractivity contribution in [3.63, 3.8) is 0 Å². The number of carbonyl (C=O) groups is 1. The van der Waals surface area contributed by atoms with Crippen molar-refractivity contribution in [3.05, 3.63) is 35.9 Å². The average Bonchev–Trinajstić information content (AvgIpc) is 3.05. The molecule has 1 heterocycles. The summed E-state index contributed by atoms with van der Waals surface area (Å²) in [6.45, 7) is 2.93. The lowest BCUT2D eigenvalue weighted by Gasteiger charge is -2.32. The van der Waals surface area contributed by atoms with E-state index in [0.29, 0.717) is 18.2 Å². The van der Waals surface area contributed by atoms with Crippen molar-refractivity contribution < 1.29 is 4.79 Å². The zero-order valence-corrected chi connectivity index (χ0v) is 13.0. The largest absolute Gasteiger partial charge is 0.298 e. The minimum absolute atomic E-state index is 0.382. The van der Waals surface area contributed by atoms with Crippen LogP contribution in [0.2, 0.25) is 0 Å². The number of rotatable bonds is 5. The van der Waals surface area contributed by atoms with Gasteiger partial charge in [-0.05, 0) is 56.7 Å². The third kappa shape index (κ3) is 4.16. The van der Waals surface area contributed by atoms with Crippen LogP contribution in [0.4, 0.5) is 0 Å². The molecule has 0 spiro atoms. The predicted octanol–water partition coefficient (Wildman–Crippen LogP) is 3.70. The van der Waals surface area contributed by atoms with Crippen LogP contribution in [0.1, 0.15) is 44.1 Å². The maximum Gasteiger partial charge on any atom is 0.149 e. The van der Waals surface area contributed by atoms with Gasteiger partial charge >= 0.3 is 0 Å². The van der Waals surface area contributed by atoms with Crippen molar-refractivity contribution in [1.29, 1.82) is 0 Å². The lowest BCUT2D eigenvalue weighted by molar-refractivity contribution is -0.124. The van der Waals surface area contributed by atoms with Gasteiger partial charge in [-0.15, -0.1) is 0 Å². The van der Waals surface area contributed by atoms with Gasteiger partial charge in [0, 0.05) is 5.92 Å². The molecule has 0 radical (unpaired) electrons. The molecule has 1 aliphatic heterocycles. The van der Waals surface area contributed by atoms with Crippen molar-refractivity contribution >= 4 is 5.78 Å². The van der Waals surface area contributed by atoms with Crippen LogP contribution in [0, 0.1) is 11.8 Å². The first-order valence-electron chi connectivity index (χ1n) is 8.60. The molecule has 1 saturated heterocycles. The molecule has 2 heteroatoms. The zero-order valence-electron chi connectivity index (χ0n) is 13.0. The molecule has 3 rings (SSSR count). The van der Waals surface area contributed by atoms with Gasteiger partial charge in [0.15, 0.2) is 0 Å². The number of hydrogen-bond acceptors (Lipinski definition) is 2. The number of hydrogen-bond donors (Lipinski definition) is 0. The summed E-state index contributed by atoms with van der Waals surface area (Å²) >= 11 is 0. The highest BCUT2D eigenvalue weighted by atomic mass is 16.1. The molecule has 1 saturated carbocycles. The van der Waals surface area contributed by atoms with Gasteiger partial charge < -0.3 is 0 Å². The molecule has 21 heavy (non-hydrogen) atoms. The maximum absolute atomic E-state index is 12.2. The molecule has 1 aromatic carbocycles. The van der Waals surface area contributed by atoms with E-state index in [0.717, 1.165) is 31.8 Å². The van der Waals surface area contributed by atoms with Crippen molar-refractivity contribution in [2.75, 3.05) is 19.6 Å². The summed E-state index contributed by atoms with van der Waals surface area (Å²) in [5, 5.41) is 0. The Morgan fingerprint density at radius 3 is 2.33 bits per heavy atom. The monoisotopic (exact) mass is 285 g/mol. The Balaban J connectivity index is 1.41. The molecule has 0 bridgehead atoms. The van der Waals surface area contributed by atoms with Crippen LogP contribution in [0.25, 0.3) is 0 Å². The van der Waals surface area contributed by atoms with E-state index in [1.54, 1.807) is 0 Å². The first-order valence-corrected chi connectivity index (χ1v) is 8.60. The summed E-state index contributed by atoms with van der Waals surface area (Å²) in [6.07, 6.45) is 8.49. The van der Waals surface area contributed by atoms with Gasteiger partial charge in [0.2, 0.25) is 0 Å². The molecule has 1 aromatic rings. The van der Waals surface area contributed by atoms with E-state index in [1.165, 1.54) is 37.7 Å². The summed E-state index contributed by atoms with van der Waals surface area (Å²) in [5.41, 5.74) is 1.46.